The number of aromatic nitrogens is 1. The van der Waals surface area contributed by atoms with Crippen molar-refractivity contribution in [3.63, 3.8) is 0 Å². The zero-order chi connectivity index (χ0) is 20.9. The van der Waals surface area contributed by atoms with Crippen LogP contribution in [0.2, 0.25) is 0 Å². The molecule has 0 saturated carbocycles. The minimum Gasteiger partial charge on any atom is -0.454 e. The molecule has 31 heavy (non-hydrogen) atoms. The third-order valence-corrected chi connectivity index (χ3v) is 7.71. The molecule has 156 valence electrons. The number of para-hydroxylation sites is 1. The summed E-state index contributed by atoms with van der Waals surface area (Å²) < 4.78 is 5.64. The van der Waals surface area contributed by atoms with E-state index in [9.17, 15) is 9.59 Å². The molecule has 0 radical (unpaired) electrons. The van der Waals surface area contributed by atoms with E-state index >= 15 is 0 Å². The van der Waals surface area contributed by atoms with Crippen molar-refractivity contribution in [3.8, 4) is 0 Å². The van der Waals surface area contributed by atoms with Crippen LogP contribution in [-0.4, -0.2) is 34.3 Å². The van der Waals surface area contributed by atoms with Crippen LogP contribution in [0.5, 0.6) is 0 Å². The van der Waals surface area contributed by atoms with Crippen molar-refractivity contribution in [1.29, 1.82) is 0 Å². The maximum absolute atomic E-state index is 13.1. The summed E-state index contributed by atoms with van der Waals surface area (Å²) in [7, 11) is 0. The van der Waals surface area contributed by atoms with Gasteiger partial charge >= 0.3 is 5.97 Å². The summed E-state index contributed by atoms with van der Waals surface area (Å²) in [6.45, 7) is -0.0998. The van der Waals surface area contributed by atoms with Gasteiger partial charge in [0.25, 0.3) is 5.91 Å². The highest BCUT2D eigenvalue weighted by atomic mass is 32.2. The fraction of sp³-hybridized carbons (Fsp3) is 0.375. The van der Waals surface area contributed by atoms with Crippen LogP contribution < -0.4 is 0 Å². The summed E-state index contributed by atoms with van der Waals surface area (Å²) in [5, 5.41) is 1.61. The van der Waals surface area contributed by atoms with Crippen LogP contribution in [0.1, 0.15) is 53.7 Å². The lowest BCUT2D eigenvalue weighted by Gasteiger charge is -2.18. The van der Waals surface area contributed by atoms with Gasteiger partial charge in [0.05, 0.1) is 16.1 Å². The Balaban J connectivity index is 1.25. The number of rotatable bonds is 3. The van der Waals surface area contributed by atoms with E-state index in [2.05, 4.69) is 9.98 Å². The van der Waals surface area contributed by atoms with Gasteiger partial charge in [-0.15, -0.1) is 0 Å². The van der Waals surface area contributed by atoms with Crippen molar-refractivity contribution < 1.29 is 14.3 Å². The van der Waals surface area contributed by atoms with E-state index in [1.165, 1.54) is 10.5 Å². The van der Waals surface area contributed by atoms with Gasteiger partial charge in [-0.2, -0.15) is 4.99 Å². The number of carbonyl (C=O) groups is 2. The number of fused-ring (bicyclic) bond motifs is 4. The van der Waals surface area contributed by atoms with Crippen LogP contribution in [-0.2, 0) is 22.4 Å². The molecule has 1 atom stereocenters. The molecule has 1 unspecified atom stereocenters. The van der Waals surface area contributed by atoms with Crippen molar-refractivity contribution in [2.24, 2.45) is 15.9 Å². The van der Waals surface area contributed by atoms with Gasteiger partial charge in [0.2, 0.25) is 0 Å². The molecule has 0 fully saturated rings. The molecule has 1 aromatic carbocycles. The van der Waals surface area contributed by atoms with E-state index < -0.39 is 5.97 Å². The standard InChI is InChI=1S/C24H21N3O3S/c28-22-21-15-7-2-4-11-18(15)31-23(21)27-19(26-22)12-30-24(29)20-13-6-1-3-9-16(13)25-17-10-5-8-14(17)20/h1,3,6,9,21H,2,4-5,7-8,10-12H2. The van der Waals surface area contributed by atoms with Crippen LogP contribution in [0.4, 0.5) is 0 Å². The number of benzene rings is 1. The Kier molecular flexibility index (Phi) is 4.52. The number of aryl methyl sites for hydroxylation is 1. The van der Waals surface area contributed by atoms with Crippen LogP contribution >= 0.6 is 11.8 Å². The molecule has 0 bridgehead atoms. The topological polar surface area (TPSA) is 81.0 Å². The Morgan fingerprint density at radius 2 is 1.94 bits per heavy atom. The predicted octanol–water partition coefficient (Wildman–Crippen LogP) is 4.41. The van der Waals surface area contributed by atoms with Crippen molar-refractivity contribution in [1.82, 2.24) is 4.98 Å². The Morgan fingerprint density at radius 1 is 1.06 bits per heavy atom. The van der Waals surface area contributed by atoms with Crippen molar-refractivity contribution in [2.45, 2.75) is 44.9 Å². The number of aliphatic imine (C=N–C) groups is 2. The number of ether oxygens (including phenoxy) is 1. The van der Waals surface area contributed by atoms with Crippen molar-refractivity contribution >= 4 is 45.4 Å². The first-order valence-corrected chi connectivity index (χ1v) is 11.7. The first-order valence-electron chi connectivity index (χ1n) is 10.9. The van der Waals surface area contributed by atoms with Crippen LogP contribution in [0, 0.1) is 5.92 Å². The van der Waals surface area contributed by atoms with E-state index in [0.29, 0.717) is 5.56 Å². The molecule has 0 saturated heterocycles. The van der Waals surface area contributed by atoms with Gasteiger partial charge in [-0.1, -0.05) is 30.0 Å². The summed E-state index contributed by atoms with van der Waals surface area (Å²) in [6.07, 6.45) is 6.96. The Labute approximate surface area is 183 Å². The fourth-order valence-electron chi connectivity index (χ4n) is 5.05. The second-order valence-corrected chi connectivity index (χ2v) is 9.48. The maximum Gasteiger partial charge on any atom is 0.339 e. The Bertz CT molecular complexity index is 1240. The van der Waals surface area contributed by atoms with Crippen molar-refractivity contribution in [2.75, 3.05) is 6.61 Å². The Hall–Kier alpha value is -2.80. The third kappa shape index (κ3) is 3.14. The summed E-state index contributed by atoms with van der Waals surface area (Å²) in [4.78, 5) is 40.6. The number of pyridine rings is 1. The number of thioether (sulfide) groups is 1. The largest absolute Gasteiger partial charge is 0.454 e. The number of esters is 1. The van der Waals surface area contributed by atoms with Crippen LogP contribution in [0.25, 0.3) is 10.9 Å². The highest BCUT2D eigenvalue weighted by molar-refractivity contribution is 8.17. The van der Waals surface area contributed by atoms with Gasteiger partial charge in [0, 0.05) is 11.1 Å². The second-order valence-electron chi connectivity index (χ2n) is 8.37. The van der Waals surface area contributed by atoms with E-state index in [-0.39, 0.29) is 24.3 Å². The molecule has 3 heterocycles. The average molecular weight is 432 g/mol. The smallest absolute Gasteiger partial charge is 0.339 e. The molecule has 7 heteroatoms. The maximum atomic E-state index is 13.1. The number of hydrogen-bond acceptors (Lipinski definition) is 6. The average Bonchev–Trinajstić information content (AvgIpc) is 3.39. The minimum atomic E-state index is -0.397. The molecule has 4 aliphatic rings. The van der Waals surface area contributed by atoms with Crippen LogP contribution in [0.15, 0.2) is 44.7 Å². The number of hydrogen-bond donors (Lipinski definition) is 0. The number of carbonyl (C=O) groups excluding carboxylic acids is 2. The minimum absolute atomic E-state index is 0.0998. The fourth-order valence-corrected chi connectivity index (χ4v) is 6.42. The zero-order valence-electron chi connectivity index (χ0n) is 17.0. The quantitative estimate of drug-likeness (QED) is 0.673. The van der Waals surface area contributed by atoms with Gasteiger partial charge in [-0.05, 0) is 67.1 Å². The van der Waals surface area contributed by atoms with Gasteiger partial charge < -0.3 is 4.74 Å². The second kappa shape index (κ2) is 7.41. The SMILES string of the molecule is O=C(OCC1=NC(=O)C2C(=N1)SC1=C2CCCC1)c1c2c(nc3ccccc13)CCC2. The lowest BCUT2D eigenvalue weighted by atomic mass is 9.89. The van der Waals surface area contributed by atoms with Gasteiger partial charge in [-0.25, -0.2) is 9.79 Å². The van der Waals surface area contributed by atoms with Gasteiger partial charge in [0.1, 0.15) is 5.92 Å². The highest BCUT2D eigenvalue weighted by Crippen LogP contribution is 2.47. The van der Waals surface area contributed by atoms with E-state index in [0.717, 1.165) is 72.1 Å². The zero-order valence-corrected chi connectivity index (χ0v) is 17.8. The molecular weight excluding hydrogens is 410 g/mol. The molecule has 0 N–H and O–H groups in total. The summed E-state index contributed by atoms with van der Waals surface area (Å²) in [5.74, 6) is -0.587. The first-order chi connectivity index (χ1) is 15.2. The first kappa shape index (κ1) is 18.9. The summed E-state index contributed by atoms with van der Waals surface area (Å²) >= 11 is 1.61. The van der Waals surface area contributed by atoms with Crippen LogP contribution in [0.3, 0.4) is 0 Å². The van der Waals surface area contributed by atoms with E-state index in [1.807, 2.05) is 24.3 Å². The van der Waals surface area contributed by atoms with E-state index in [1.54, 1.807) is 11.8 Å². The molecule has 2 aromatic rings. The normalized spacial score (nSPS) is 22.1. The summed E-state index contributed by atoms with van der Waals surface area (Å²) in [6, 6.07) is 7.67. The summed E-state index contributed by atoms with van der Waals surface area (Å²) in [5.41, 5.74) is 4.58. The highest BCUT2D eigenvalue weighted by Gasteiger charge is 2.40. The number of amidine groups is 1. The molecule has 1 amide bonds. The van der Waals surface area contributed by atoms with Gasteiger partial charge in [-0.3, -0.25) is 9.78 Å². The number of allylic oxidation sites excluding steroid dienone is 1. The lowest BCUT2D eigenvalue weighted by Crippen LogP contribution is -2.28. The molecule has 1 aromatic heterocycles. The lowest BCUT2D eigenvalue weighted by molar-refractivity contribution is -0.118. The molecular formula is C24H21N3O3S. The molecule has 6 rings (SSSR count). The van der Waals surface area contributed by atoms with Gasteiger partial charge in [0.15, 0.2) is 12.4 Å². The number of nitrogens with zero attached hydrogens (tertiary/aromatic N) is 3. The third-order valence-electron chi connectivity index (χ3n) is 6.46. The molecule has 2 aliphatic carbocycles. The molecule has 0 spiro atoms. The Morgan fingerprint density at radius 3 is 2.87 bits per heavy atom. The number of amides is 1. The van der Waals surface area contributed by atoms with Crippen molar-refractivity contribution in [3.05, 3.63) is 51.6 Å². The monoisotopic (exact) mass is 431 g/mol. The predicted molar refractivity (Wildman–Crippen MR) is 121 cm³/mol. The molecule has 6 nitrogen and oxygen atoms in total. The van der Waals surface area contributed by atoms with E-state index in [4.69, 9.17) is 9.72 Å². The molecule has 2 aliphatic heterocycles.